The van der Waals surface area contributed by atoms with E-state index in [1.165, 1.54) is 5.56 Å². The molecule has 1 aliphatic rings. The number of hydrogen-bond acceptors (Lipinski definition) is 3. The standard InChI is InChI=1S/C17H18ClNOS/c18-13-6-2-7-14(10-13)21-11-16(19)15-8-1-4-12-5-3-9-20-17(12)15/h1-2,4,6-8,10,16H,3,5,9,11,19H2. The molecule has 1 aliphatic heterocycles. The molecule has 0 saturated carbocycles. The molecule has 0 bridgehead atoms. The average molecular weight is 320 g/mol. The van der Waals surface area contributed by atoms with Gasteiger partial charge in [0.25, 0.3) is 0 Å². The van der Waals surface area contributed by atoms with Crippen LogP contribution in [0.25, 0.3) is 0 Å². The molecule has 0 radical (unpaired) electrons. The van der Waals surface area contributed by atoms with E-state index in [1.807, 2.05) is 18.2 Å². The molecule has 2 nitrogen and oxygen atoms in total. The summed E-state index contributed by atoms with van der Waals surface area (Å²) >= 11 is 7.73. The van der Waals surface area contributed by atoms with Gasteiger partial charge in [0, 0.05) is 27.3 Å². The first-order valence-corrected chi connectivity index (χ1v) is 8.49. The van der Waals surface area contributed by atoms with Crippen LogP contribution in [0.4, 0.5) is 0 Å². The van der Waals surface area contributed by atoms with Gasteiger partial charge in [-0.3, -0.25) is 0 Å². The summed E-state index contributed by atoms with van der Waals surface area (Å²) in [6, 6.07) is 14.1. The van der Waals surface area contributed by atoms with Crippen molar-refractivity contribution in [2.24, 2.45) is 5.73 Å². The number of thioether (sulfide) groups is 1. The van der Waals surface area contributed by atoms with Crippen molar-refractivity contribution in [1.82, 2.24) is 0 Å². The number of nitrogens with two attached hydrogens (primary N) is 1. The van der Waals surface area contributed by atoms with Crippen LogP contribution in [0.15, 0.2) is 47.4 Å². The van der Waals surface area contributed by atoms with Crippen molar-refractivity contribution in [3.05, 3.63) is 58.6 Å². The van der Waals surface area contributed by atoms with E-state index in [4.69, 9.17) is 22.1 Å². The van der Waals surface area contributed by atoms with E-state index in [2.05, 4.69) is 24.3 Å². The van der Waals surface area contributed by atoms with E-state index < -0.39 is 0 Å². The van der Waals surface area contributed by atoms with E-state index in [0.717, 1.165) is 46.4 Å². The van der Waals surface area contributed by atoms with Crippen LogP contribution in [0, 0.1) is 0 Å². The minimum Gasteiger partial charge on any atom is -0.493 e. The number of aryl methyl sites for hydroxylation is 1. The number of para-hydroxylation sites is 1. The summed E-state index contributed by atoms with van der Waals surface area (Å²) in [5.74, 6) is 1.81. The molecule has 1 heterocycles. The second kappa shape index (κ2) is 6.73. The van der Waals surface area contributed by atoms with Gasteiger partial charge in [0.05, 0.1) is 6.61 Å². The van der Waals surface area contributed by atoms with Crippen molar-refractivity contribution in [3.63, 3.8) is 0 Å². The number of benzene rings is 2. The molecular formula is C17H18ClNOS. The Labute approximate surface area is 134 Å². The van der Waals surface area contributed by atoms with Crippen molar-refractivity contribution in [2.45, 2.75) is 23.8 Å². The van der Waals surface area contributed by atoms with Crippen LogP contribution in [0.2, 0.25) is 5.02 Å². The fraction of sp³-hybridized carbons (Fsp3) is 0.294. The molecule has 0 fully saturated rings. The molecular weight excluding hydrogens is 302 g/mol. The SMILES string of the molecule is NC(CSc1cccc(Cl)c1)c1cccc2c1OCCC2. The third-order valence-corrected chi connectivity index (χ3v) is 4.94. The lowest BCUT2D eigenvalue weighted by atomic mass is 9.99. The summed E-state index contributed by atoms with van der Waals surface area (Å²) in [6.45, 7) is 0.790. The number of ether oxygens (including phenoxy) is 1. The Bertz CT molecular complexity index is 632. The first kappa shape index (κ1) is 14.8. The molecule has 2 aromatic carbocycles. The lowest BCUT2D eigenvalue weighted by Crippen LogP contribution is -2.18. The van der Waals surface area contributed by atoms with Gasteiger partial charge in [0.2, 0.25) is 0 Å². The molecule has 0 aliphatic carbocycles. The number of fused-ring (bicyclic) bond motifs is 1. The molecule has 1 atom stereocenters. The van der Waals surface area contributed by atoms with E-state index in [0.29, 0.717) is 0 Å². The second-order valence-corrected chi connectivity index (χ2v) is 6.69. The molecule has 0 aromatic heterocycles. The maximum absolute atomic E-state index is 6.37. The van der Waals surface area contributed by atoms with Gasteiger partial charge in [-0.05, 0) is 36.6 Å². The molecule has 0 amide bonds. The fourth-order valence-electron chi connectivity index (χ4n) is 2.54. The van der Waals surface area contributed by atoms with Gasteiger partial charge in [0.15, 0.2) is 0 Å². The number of rotatable bonds is 4. The molecule has 0 spiro atoms. The van der Waals surface area contributed by atoms with Gasteiger partial charge in [-0.1, -0.05) is 35.9 Å². The van der Waals surface area contributed by atoms with E-state index in [-0.39, 0.29) is 6.04 Å². The molecule has 3 rings (SSSR count). The molecule has 0 saturated heterocycles. The highest BCUT2D eigenvalue weighted by molar-refractivity contribution is 7.99. The monoisotopic (exact) mass is 319 g/mol. The minimum atomic E-state index is -0.0398. The molecule has 1 unspecified atom stereocenters. The molecule has 2 aromatic rings. The number of halogens is 1. The first-order chi connectivity index (χ1) is 10.2. The fourth-order valence-corrected chi connectivity index (χ4v) is 3.73. The molecule has 4 heteroatoms. The van der Waals surface area contributed by atoms with Crippen LogP contribution in [-0.2, 0) is 6.42 Å². The topological polar surface area (TPSA) is 35.2 Å². The van der Waals surface area contributed by atoms with Crippen LogP contribution < -0.4 is 10.5 Å². The van der Waals surface area contributed by atoms with Gasteiger partial charge in [-0.25, -0.2) is 0 Å². The Morgan fingerprint density at radius 2 is 2.10 bits per heavy atom. The predicted octanol–water partition coefficient (Wildman–Crippen LogP) is 4.46. The Balaban J connectivity index is 1.72. The quantitative estimate of drug-likeness (QED) is 0.845. The Morgan fingerprint density at radius 1 is 1.24 bits per heavy atom. The maximum Gasteiger partial charge on any atom is 0.127 e. The average Bonchev–Trinajstić information content (AvgIpc) is 2.52. The smallest absolute Gasteiger partial charge is 0.127 e. The van der Waals surface area contributed by atoms with E-state index in [9.17, 15) is 0 Å². The summed E-state index contributed by atoms with van der Waals surface area (Å²) in [7, 11) is 0. The van der Waals surface area contributed by atoms with Crippen molar-refractivity contribution in [1.29, 1.82) is 0 Å². The summed E-state index contributed by atoms with van der Waals surface area (Å²) in [4.78, 5) is 1.14. The zero-order valence-corrected chi connectivity index (χ0v) is 13.3. The number of hydrogen-bond donors (Lipinski definition) is 1. The van der Waals surface area contributed by atoms with Crippen molar-refractivity contribution < 1.29 is 4.74 Å². The third kappa shape index (κ3) is 3.54. The van der Waals surface area contributed by atoms with Crippen molar-refractivity contribution in [3.8, 4) is 5.75 Å². The third-order valence-electron chi connectivity index (χ3n) is 3.59. The van der Waals surface area contributed by atoms with Gasteiger partial charge >= 0.3 is 0 Å². The summed E-state index contributed by atoms with van der Waals surface area (Å²) in [5.41, 5.74) is 8.76. The first-order valence-electron chi connectivity index (χ1n) is 7.12. The van der Waals surface area contributed by atoms with Gasteiger partial charge in [-0.2, -0.15) is 0 Å². The van der Waals surface area contributed by atoms with E-state index >= 15 is 0 Å². The van der Waals surface area contributed by atoms with Crippen LogP contribution in [0.3, 0.4) is 0 Å². The van der Waals surface area contributed by atoms with Crippen LogP contribution in [-0.4, -0.2) is 12.4 Å². The predicted molar refractivity (Wildman–Crippen MR) is 89.4 cm³/mol. The van der Waals surface area contributed by atoms with E-state index in [1.54, 1.807) is 11.8 Å². The molecule has 21 heavy (non-hydrogen) atoms. The highest BCUT2D eigenvalue weighted by Crippen LogP contribution is 2.34. The van der Waals surface area contributed by atoms with Crippen molar-refractivity contribution in [2.75, 3.05) is 12.4 Å². The van der Waals surface area contributed by atoms with Gasteiger partial charge in [0.1, 0.15) is 5.75 Å². The Morgan fingerprint density at radius 3 is 2.95 bits per heavy atom. The molecule has 110 valence electrons. The summed E-state index contributed by atoms with van der Waals surface area (Å²) in [5, 5.41) is 0.758. The highest BCUT2D eigenvalue weighted by atomic mass is 35.5. The second-order valence-electron chi connectivity index (χ2n) is 5.16. The Hall–Kier alpha value is -1.16. The van der Waals surface area contributed by atoms with Crippen LogP contribution in [0.5, 0.6) is 5.75 Å². The minimum absolute atomic E-state index is 0.0398. The lowest BCUT2D eigenvalue weighted by molar-refractivity contribution is 0.284. The zero-order chi connectivity index (χ0) is 14.7. The lowest BCUT2D eigenvalue weighted by Gasteiger charge is -2.23. The normalized spacial score (nSPS) is 15.1. The molecule has 2 N–H and O–H groups in total. The van der Waals surface area contributed by atoms with Gasteiger partial charge in [-0.15, -0.1) is 11.8 Å². The zero-order valence-electron chi connectivity index (χ0n) is 11.7. The van der Waals surface area contributed by atoms with Crippen molar-refractivity contribution >= 4 is 23.4 Å². The van der Waals surface area contributed by atoms with Gasteiger partial charge < -0.3 is 10.5 Å². The van der Waals surface area contributed by atoms with Crippen LogP contribution in [0.1, 0.15) is 23.6 Å². The largest absolute Gasteiger partial charge is 0.493 e. The van der Waals surface area contributed by atoms with Crippen LogP contribution >= 0.6 is 23.4 Å². The maximum atomic E-state index is 6.37. The summed E-state index contributed by atoms with van der Waals surface area (Å²) < 4.78 is 5.84. The Kier molecular flexibility index (Phi) is 4.73. The highest BCUT2D eigenvalue weighted by Gasteiger charge is 2.18. The summed E-state index contributed by atoms with van der Waals surface area (Å²) in [6.07, 6.45) is 2.17.